The normalized spacial score (nSPS) is 14.9. The Labute approximate surface area is 171 Å². The molecule has 0 aromatic heterocycles. The van der Waals surface area contributed by atoms with E-state index in [0.717, 1.165) is 44.2 Å². The summed E-state index contributed by atoms with van der Waals surface area (Å²) in [6, 6.07) is 13.4. The number of aryl methyl sites for hydroxylation is 1. The molecule has 0 saturated carbocycles. The molecule has 1 aliphatic heterocycles. The lowest BCUT2D eigenvalue weighted by Gasteiger charge is -2.26. The number of phenolic OH excluding ortho intramolecular Hbond substituents is 1. The summed E-state index contributed by atoms with van der Waals surface area (Å²) < 4.78 is 34.9. The van der Waals surface area contributed by atoms with Crippen LogP contribution in [-0.4, -0.2) is 61.6 Å². The number of hydrogen-bond acceptors (Lipinski definition) is 6. The number of rotatable bonds is 6. The quantitative estimate of drug-likeness (QED) is 0.416. The Bertz CT molecular complexity index is 801. The number of thioether (sulfide) groups is 1. The number of benzene rings is 2. The van der Waals surface area contributed by atoms with Gasteiger partial charge in [0.1, 0.15) is 5.75 Å². The number of nitrogens with zero attached hydrogens (tertiary/aromatic N) is 1. The van der Waals surface area contributed by atoms with Gasteiger partial charge in [-0.1, -0.05) is 17.7 Å². The summed E-state index contributed by atoms with van der Waals surface area (Å²) in [5.74, 6) is 1.46. The van der Waals surface area contributed by atoms with Crippen molar-refractivity contribution in [3.63, 3.8) is 0 Å². The minimum absolute atomic E-state index is 0.0666. The number of morpholine rings is 1. The third kappa shape index (κ3) is 8.62. The number of ether oxygens (including phenoxy) is 1. The summed E-state index contributed by atoms with van der Waals surface area (Å²) in [5, 5.41) is 9.17. The highest BCUT2D eigenvalue weighted by atomic mass is 32.2. The fraction of sp³-hybridized carbons (Fsp3) is 0.400. The zero-order chi connectivity index (χ0) is 20.4. The lowest BCUT2D eigenvalue weighted by atomic mass is 10.2. The number of aromatic hydroxyl groups is 1. The fourth-order valence-electron chi connectivity index (χ4n) is 2.56. The van der Waals surface area contributed by atoms with E-state index in [1.807, 2.05) is 30.8 Å². The summed E-state index contributed by atoms with van der Waals surface area (Å²) in [6.07, 6.45) is 1.20. The van der Waals surface area contributed by atoms with Crippen molar-refractivity contribution in [3.05, 3.63) is 54.1 Å². The Morgan fingerprint density at radius 1 is 1.04 bits per heavy atom. The van der Waals surface area contributed by atoms with Gasteiger partial charge < -0.3 is 9.84 Å². The Morgan fingerprint density at radius 3 is 2.21 bits per heavy atom. The maximum Gasteiger partial charge on any atom is 0.294 e. The number of hydrogen-bond donors (Lipinski definition) is 2. The van der Waals surface area contributed by atoms with Crippen LogP contribution in [0.15, 0.2) is 58.3 Å². The molecular weight excluding hydrogens is 398 g/mol. The van der Waals surface area contributed by atoms with E-state index in [-0.39, 0.29) is 4.90 Å². The molecule has 28 heavy (non-hydrogen) atoms. The average molecular weight is 426 g/mol. The first-order chi connectivity index (χ1) is 13.3. The van der Waals surface area contributed by atoms with E-state index in [1.54, 1.807) is 24.3 Å². The van der Waals surface area contributed by atoms with Gasteiger partial charge in [0.15, 0.2) is 0 Å². The zero-order valence-electron chi connectivity index (χ0n) is 16.0. The van der Waals surface area contributed by atoms with Crippen LogP contribution in [0.2, 0.25) is 0 Å². The van der Waals surface area contributed by atoms with Crippen LogP contribution < -0.4 is 0 Å². The molecular formula is C20H27NO5S2. The molecule has 2 aromatic rings. The smallest absolute Gasteiger partial charge is 0.294 e. The van der Waals surface area contributed by atoms with E-state index in [2.05, 4.69) is 4.90 Å². The predicted octanol–water partition coefficient (Wildman–Crippen LogP) is 3.45. The van der Waals surface area contributed by atoms with Crippen LogP contribution in [0.5, 0.6) is 5.75 Å². The van der Waals surface area contributed by atoms with Crippen molar-refractivity contribution < 1.29 is 22.8 Å². The SMILES string of the molecule is Cc1ccc(S(=O)(=O)O)cc1.Oc1ccc(SCCCN2CCOCC2)cc1. The number of phenols is 1. The first-order valence-corrected chi connectivity index (χ1v) is 11.5. The predicted molar refractivity (Wildman–Crippen MR) is 112 cm³/mol. The monoisotopic (exact) mass is 425 g/mol. The summed E-state index contributed by atoms with van der Waals surface area (Å²) in [4.78, 5) is 3.62. The maximum absolute atomic E-state index is 10.5. The lowest BCUT2D eigenvalue weighted by molar-refractivity contribution is 0.0381. The van der Waals surface area contributed by atoms with E-state index in [9.17, 15) is 13.5 Å². The lowest BCUT2D eigenvalue weighted by Crippen LogP contribution is -2.36. The van der Waals surface area contributed by atoms with Gasteiger partial charge in [-0.25, -0.2) is 0 Å². The molecule has 0 radical (unpaired) electrons. The van der Waals surface area contributed by atoms with E-state index < -0.39 is 10.1 Å². The second kappa shape index (κ2) is 11.4. The molecule has 1 heterocycles. The van der Waals surface area contributed by atoms with Gasteiger partial charge in [0.05, 0.1) is 18.1 Å². The van der Waals surface area contributed by atoms with Gasteiger partial charge in [0.25, 0.3) is 10.1 Å². The molecule has 6 nitrogen and oxygen atoms in total. The van der Waals surface area contributed by atoms with E-state index in [4.69, 9.17) is 9.29 Å². The summed E-state index contributed by atoms with van der Waals surface area (Å²) in [7, 11) is -4.02. The molecule has 1 aliphatic rings. The van der Waals surface area contributed by atoms with Crippen LogP contribution in [0.25, 0.3) is 0 Å². The van der Waals surface area contributed by atoms with Gasteiger partial charge in [-0.2, -0.15) is 8.42 Å². The Balaban J connectivity index is 0.000000221. The topological polar surface area (TPSA) is 87.1 Å². The van der Waals surface area contributed by atoms with Crippen molar-refractivity contribution >= 4 is 21.9 Å². The van der Waals surface area contributed by atoms with Gasteiger partial charge >= 0.3 is 0 Å². The van der Waals surface area contributed by atoms with Gasteiger partial charge in [-0.3, -0.25) is 9.45 Å². The van der Waals surface area contributed by atoms with Crippen molar-refractivity contribution in [2.45, 2.75) is 23.1 Å². The third-order valence-electron chi connectivity index (χ3n) is 4.15. The average Bonchev–Trinajstić information content (AvgIpc) is 2.68. The largest absolute Gasteiger partial charge is 0.508 e. The Morgan fingerprint density at radius 2 is 1.64 bits per heavy atom. The van der Waals surface area contributed by atoms with Crippen LogP contribution in [0, 0.1) is 6.92 Å². The highest BCUT2D eigenvalue weighted by molar-refractivity contribution is 7.99. The molecule has 1 saturated heterocycles. The van der Waals surface area contributed by atoms with Crippen LogP contribution in [0.1, 0.15) is 12.0 Å². The van der Waals surface area contributed by atoms with Crippen LogP contribution >= 0.6 is 11.8 Å². The van der Waals surface area contributed by atoms with Crippen molar-refractivity contribution in [1.29, 1.82) is 0 Å². The molecule has 2 aromatic carbocycles. The van der Waals surface area contributed by atoms with Gasteiger partial charge in [-0.05, 0) is 62.0 Å². The molecule has 0 aliphatic carbocycles. The summed E-state index contributed by atoms with van der Waals surface area (Å²) in [5.41, 5.74) is 0.956. The van der Waals surface area contributed by atoms with Crippen LogP contribution in [0.4, 0.5) is 0 Å². The van der Waals surface area contributed by atoms with E-state index in [1.165, 1.54) is 23.4 Å². The minimum atomic E-state index is -4.02. The van der Waals surface area contributed by atoms with Crippen molar-refractivity contribution in [2.75, 3.05) is 38.6 Å². The van der Waals surface area contributed by atoms with Gasteiger partial charge in [-0.15, -0.1) is 11.8 Å². The molecule has 2 N–H and O–H groups in total. The second-order valence-corrected chi connectivity index (χ2v) is 9.03. The second-order valence-electron chi connectivity index (χ2n) is 6.44. The molecule has 0 bridgehead atoms. The van der Waals surface area contributed by atoms with E-state index in [0.29, 0.717) is 5.75 Å². The summed E-state index contributed by atoms with van der Waals surface area (Å²) >= 11 is 1.85. The van der Waals surface area contributed by atoms with Crippen molar-refractivity contribution in [2.24, 2.45) is 0 Å². The van der Waals surface area contributed by atoms with Crippen LogP contribution in [-0.2, 0) is 14.9 Å². The third-order valence-corrected chi connectivity index (χ3v) is 6.11. The first-order valence-electron chi connectivity index (χ1n) is 9.11. The Hall–Kier alpha value is -1.58. The standard InChI is InChI=1S/C13H19NO2S.C7H8O3S/c15-12-2-4-13(5-3-12)17-11-1-6-14-7-9-16-10-8-14;1-6-2-4-7(5-3-6)11(8,9)10/h2-5,15H,1,6-11H2;2-5H,1H3,(H,8,9,10). The molecule has 1 fully saturated rings. The Kier molecular flexibility index (Phi) is 9.27. The molecule has 0 amide bonds. The molecule has 154 valence electrons. The first kappa shape index (κ1) is 22.7. The van der Waals surface area contributed by atoms with Crippen molar-refractivity contribution in [3.8, 4) is 5.75 Å². The highest BCUT2D eigenvalue weighted by Gasteiger charge is 2.09. The van der Waals surface area contributed by atoms with E-state index >= 15 is 0 Å². The molecule has 3 rings (SSSR count). The zero-order valence-corrected chi connectivity index (χ0v) is 17.6. The highest BCUT2D eigenvalue weighted by Crippen LogP contribution is 2.21. The maximum atomic E-state index is 10.5. The summed E-state index contributed by atoms with van der Waals surface area (Å²) in [6.45, 7) is 6.91. The molecule has 0 spiro atoms. The fourth-order valence-corrected chi connectivity index (χ4v) is 3.87. The molecule has 8 heteroatoms. The minimum Gasteiger partial charge on any atom is -0.508 e. The van der Waals surface area contributed by atoms with Gasteiger partial charge in [0.2, 0.25) is 0 Å². The van der Waals surface area contributed by atoms with Gasteiger partial charge in [0, 0.05) is 18.0 Å². The molecule has 0 unspecified atom stereocenters. The van der Waals surface area contributed by atoms with Crippen molar-refractivity contribution in [1.82, 2.24) is 4.90 Å². The molecule has 0 atom stereocenters. The van der Waals surface area contributed by atoms with Crippen LogP contribution in [0.3, 0.4) is 0 Å².